The van der Waals surface area contributed by atoms with Crippen LogP contribution in [0.3, 0.4) is 0 Å². The van der Waals surface area contributed by atoms with Crippen molar-refractivity contribution in [3.63, 3.8) is 0 Å². The summed E-state index contributed by atoms with van der Waals surface area (Å²) in [6.45, 7) is 8.67. The van der Waals surface area contributed by atoms with Crippen molar-refractivity contribution in [2.75, 3.05) is 0 Å². The summed E-state index contributed by atoms with van der Waals surface area (Å²) < 4.78 is 3.31. The average molecular weight is 337 g/mol. The topological polar surface area (TPSA) is 29.6 Å². The summed E-state index contributed by atoms with van der Waals surface area (Å²) >= 11 is 1.66. The van der Waals surface area contributed by atoms with Crippen LogP contribution < -0.4 is 4.80 Å². The van der Waals surface area contributed by atoms with E-state index in [0.29, 0.717) is 0 Å². The fraction of sp³-hybridized carbons (Fsp3) is 0.300. The van der Waals surface area contributed by atoms with Gasteiger partial charge in [-0.05, 0) is 35.6 Å². The smallest absolute Gasteiger partial charge is 0.211 e. The first-order chi connectivity index (χ1) is 11.4. The van der Waals surface area contributed by atoms with Crippen LogP contribution in [0.25, 0.3) is 10.2 Å². The molecule has 0 amide bonds. The molecule has 0 aliphatic rings. The maximum atomic E-state index is 4.46. The SMILES string of the molecule is C/C(=N\N=c1\sc2ccccc2n1C)c1ccc(C(C)(C)C)cc1. The van der Waals surface area contributed by atoms with Gasteiger partial charge in [-0.25, -0.2) is 0 Å². The minimum Gasteiger partial charge on any atom is -0.318 e. The Bertz CT molecular complexity index is 951. The van der Waals surface area contributed by atoms with Gasteiger partial charge in [-0.2, -0.15) is 5.10 Å². The number of thiazole rings is 1. The summed E-state index contributed by atoms with van der Waals surface area (Å²) in [5.41, 5.74) is 4.71. The number of rotatable bonds is 2. The van der Waals surface area contributed by atoms with Crippen LogP contribution in [-0.4, -0.2) is 10.3 Å². The summed E-state index contributed by atoms with van der Waals surface area (Å²) in [5.74, 6) is 0. The fourth-order valence-electron chi connectivity index (χ4n) is 2.56. The van der Waals surface area contributed by atoms with Crippen LogP contribution in [-0.2, 0) is 12.5 Å². The van der Waals surface area contributed by atoms with Crippen LogP contribution in [0.1, 0.15) is 38.8 Å². The van der Waals surface area contributed by atoms with Crippen molar-refractivity contribution in [3.05, 3.63) is 64.5 Å². The van der Waals surface area contributed by atoms with Gasteiger partial charge in [0, 0.05) is 7.05 Å². The number of fused-ring (bicyclic) bond motifs is 1. The normalized spacial score (nSPS) is 13.7. The first kappa shape index (κ1) is 16.7. The molecule has 0 aliphatic carbocycles. The predicted octanol–water partition coefficient (Wildman–Crippen LogP) is 4.86. The molecule has 0 radical (unpaired) electrons. The molecule has 4 heteroatoms. The maximum Gasteiger partial charge on any atom is 0.211 e. The van der Waals surface area contributed by atoms with Gasteiger partial charge in [0.25, 0.3) is 0 Å². The molecular weight excluding hydrogens is 314 g/mol. The van der Waals surface area contributed by atoms with Crippen LogP contribution in [0, 0.1) is 0 Å². The van der Waals surface area contributed by atoms with Crippen molar-refractivity contribution in [2.45, 2.75) is 33.1 Å². The van der Waals surface area contributed by atoms with Gasteiger partial charge in [-0.15, -0.1) is 5.10 Å². The molecule has 0 atom stereocenters. The monoisotopic (exact) mass is 337 g/mol. The molecule has 0 fully saturated rings. The van der Waals surface area contributed by atoms with Crippen LogP contribution in [0.5, 0.6) is 0 Å². The van der Waals surface area contributed by atoms with Gasteiger partial charge in [0.15, 0.2) is 0 Å². The van der Waals surface area contributed by atoms with E-state index in [0.717, 1.165) is 16.1 Å². The first-order valence-electron chi connectivity index (χ1n) is 8.10. The molecule has 0 saturated heterocycles. The lowest BCUT2D eigenvalue weighted by Gasteiger charge is -2.19. The van der Waals surface area contributed by atoms with E-state index in [9.17, 15) is 0 Å². The van der Waals surface area contributed by atoms with Crippen LogP contribution >= 0.6 is 11.3 Å². The standard InChI is InChI=1S/C20H23N3S/c1-14(15-10-12-16(13-11-15)20(2,3)4)21-22-19-23(5)17-8-6-7-9-18(17)24-19/h6-13H,1-5H3/b21-14+,22-19+. The molecule has 24 heavy (non-hydrogen) atoms. The lowest BCUT2D eigenvalue weighted by atomic mass is 9.86. The van der Waals surface area contributed by atoms with E-state index in [1.54, 1.807) is 11.3 Å². The molecule has 0 aliphatic heterocycles. The molecule has 1 heterocycles. The number of hydrogen-bond donors (Lipinski definition) is 0. The highest BCUT2D eigenvalue weighted by Gasteiger charge is 2.13. The van der Waals surface area contributed by atoms with Gasteiger partial charge < -0.3 is 4.57 Å². The summed E-state index contributed by atoms with van der Waals surface area (Å²) in [6.07, 6.45) is 0. The van der Waals surface area contributed by atoms with Crippen molar-refractivity contribution in [2.24, 2.45) is 17.3 Å². The molecule has 3 nitrogen and oxygen atoms in total. The third kappa shape index (κ3) is 3.34. The molecule has 3 aromatic rings. The Kier molecular flexibility index (Phi) is 4.41. The number of hydrogen-bond acceptors (Lipinski definition) is 3. The third-order valence-electron chi connectivity index (χ3n) is 4.17. The highest BCUT2D eigenvalue weighted by atomic mass is 32.1. The van der Waals surface area contributed by atoms with Crippen LogP contribution in [0.15, 0.2) is 58.7 Å². The quantitative estimate of drug-likeness (QED) is 0.472. The largest absolute Gasteiger partial charge is 0.318 e. The third-order valence-corrected chi connectivity index (χ3v) is 5.27. The van der Waals surface area contributed by atoms with Gasteiger partial charge in [-0.1, -0.05) is 68.5 Å². The molecular formula is C20H23N3S. The highest BCUT2D eigenvalue weighted by molar-refractivity contribution is 7.16. The highest BCUT2D eigenvalue weighted by Crippen LogP contribution is 2.22. The summed E-state index contributed by atoms with van der Waals surface area (Å²) in [7, 11) is 2.03. The van der Waals surface area contributed by atoms with Crippen molar-refractivity contribution < 1.29 is 0 Å². The Morgan fingerprint density at radius 1 is 1.00 bits per heavy atom. The van der Waals surface area contributed by atoms with E-state index in [2.05, 4.69) is 71.9 Å². The lowest BCUT2D eigenvalue weighted by Crippen LogP contribution is -2.11. The van der Waals surface area contributed by atoms with Crippen LogP contribution in [0.4, 0.5) is 0 Å². The Labute approximate surface area is 147 Å². The maximum absolute atomic E-state index is 4.46. The van der Waals surface area contributed by atoms with E-state index >= 15 is 0 Å². The zero-order chi connectivity index (χ0) is 17.3. The zero-order valence-electron chi connectivity index (χ0n) is 14.9. The molecule has 0 bridgehead atoms. The number of aryl methyl sites for hydroxylation is 1. The number of aromatic nitrogens is 1. The zero-order valence-corrected chi connectivity index (χ0v) is 15.7. The number of nitrogens with zero attached hydrogens (tertiary/aromatic N) is 3. The lowest BCUT2D eigenvalue weighted by molar-refractivity contribution is 0.590. The van der Waals surface area contributed by atoms with Gasteiger partial charge >= 0.3 is 0 Å². The van der Waals surface area contributed by atoms with Gasteiger partial charge in [0.05, 0.1) is 15.9 Å². The van der Waals surface area contributed by atoms with Crippen molar-refractivity contribution in [3.8, 4) is 0 Å². The van der Waals surface area contributed by atoms with Gasteiger partial charge in [0.1, 0.15) is 0 Å². The Balaban J connectivity index is 1.94. The molecule has 1 aromatic heterocycles. The minimum atomic E-state index is 0.165. The van der Waals surface area contributed by atoms with Crippen LogP contribution in [0.2, 0.25) is 0 Å². The summed E-state index contributed by atoms with van der Waals surface area (Å²) in [5, 5.41) is 8.90. The van der Waals surface area contributed by atoms with E-state index in [1.807, 2.05) is 26.1 Å². The van der Waals surface area contributed by atoms with E-state index in [1.165, 1.54) is 15.8 Å². The molecule has 2 aromatic carbocycles. The molecule has 124 valence electrons. The Morgan fingerprint density at radius 3 is 2.29 bits per heavy atom. The van der Waals surface area contributed by atoms with Gasteiger partial charge in [-0.3, -0.25) is 0 Å². The first-order valence-corrected chi connectivity index (χ1v) is 8.92. The summed E-state index contributed by atoms with van der Waals surface area (Å²) in [6, 6.07) is 16.9. The molecule has 3 rings (SSSR count). The Hall–Kier alpha value is -2.20. The van der Waals surface area contributed by atoms with Gasteiger partial charge in [0.2, 0.25) is 4.80 Å². The number of para-hydroxylation sites is 1. The molecule has 0 saturated carbocycles. The van der Waals surface area contributed by atoms with Crippen molar-refractivity contribution in [1.82, 2.24) is 4.57 Å². The molecule has 0 unspecified atom stereocenters. The predicted molar refractivity (Wildman–Crippen MR) is 104 cm³/mol. The van der Waals surface area contributed by atoms with E-state index in [4.69, 9.17) is 0 Å². The van der Waals surface area contributed by atoms with Crippen molar-refractivity contribution >= 4 is 27.3 Å². The Morgan fingerprint density at radius 2 is 1.67 bits per heavy atom. The van der Waals surface area contributed by atoms with E-state index in [-0.39, 0.29) is 5.41 Å². The number of benzene rings is 2. The fourth-order valence-corrected chi connectivity index (χ4v) is 3.53. The molecule has 0 N–H and O–H groups in total. The van der Waals surface area contributed by atoms with Crippen molar-refractivity contribution in [1.29, 1.82) is 0 Å². The summed E-state index contributed by atoms with van der Waals surface area (Å²) in [4.78, 5) is 0.905. The minimum absolute atomic E-state index is 0.165. The average Bonchev–Trinajstić information content (AvgIpc) is 2.88. The molecule has 0 spiro atoms. The van der Waals surface area contributed by atoms with E-state index < -0.39 is 0 Å². The second-order valence-corrected chi connectivity index (χ2v) is 8.03. The second-order valence-electron chi connectivity index (χ2n) is 7.02. The second kappa shape index (κ2) is 6.36.